The molecule has 0 N–H and O–H groups in total. The average molecular weight is 243 g/mol. The fourth-order valence-electron chi connectivity index (χ4n) is 1.34. The first kappa shape index (κ1) is 11.7. The molecule has 2 aromatic rings. The fraction of sp³-hybridized carbons (Fsp3) is 0.182. The van der Waals surface area contributed by atoms with Crippen molar-refractivity contribution in [1.29, 1.82) is 5.26 Å². The maximum absolute atomic E-state index is 11.5. The lowest BCUT2D eigenvalue weighted by molar-refractivity contribution is 0.0526. The molecule has 0 atom stereocenters. The molecule has 2 aromatic heterocycles. The first-order valence-corrected chi connectivity index (χ1v) is 5.19. The first-order valence-electron chi connectivity index (χ1n) is 5.19. The molecule has 0 amide bonds. The van der Waals surface area contributed by atoms with Crippen LogP contribution >= 0.6 is 0 Å². The van der Waals surface area contributed by atoms with Crippen molar-refractivity contribution in [2.45, 2.75) is 6.92 Å². The second-order valence-corrected chi connectivity index (χ2v) is 3.23. The number of hydrogen-bond donors (Lipinski definition) is 0. The van der Waals surface area contributed by atoms with Gasteiger partial charge in [0.15, 0.2) is 11.5 Å². The second-order valence-electron chi connectivity index (χ2n) is 3.23. The first-order chi connectivity index (χ1) is 8.76. The molecule has 2 heterocycles. The van der Waals surface area contributed by atoms with Crippen molar-refractivity contribution in [3.8, 4) is 11.9 Å². The number of esters is 1. The molecule has 0 fully saturated rings. The van der Waals surface area contributed by atoms with E-state index in [0.29, 0.717) is 12.2 Å². The van der Waals surface area contributed by atoms with E-state index in [9.17, 15) is 4.79 Å². The third-order valence-corrected chi connectivity index (χ3v) is 2.10. The van der Waals surface area contributed by atoms with Crippen LogP contribution in [0.15, 0.2) is 24.8 Å². The van der Waals surface area contributed by atoms with Crippen molar-refractivity contribution in [3.63, 3.8) is 0 Å². The van der Waals surface area contributed by atoms with E-state index in [-0.39, 0.29) is 11.5 Å². The van der Waals surface area contributed by atoms with E-state index in [1.165, 1.54) is 29.5 Å². The maximum Gasteiger partial charge on any atom is 0.341 e. The van der Waals surface area contributed by atoms with Crippen molar-refractivity contribution in [1.82, 2.24) is 19.7 Å². The van der Waals surface area contributed by atoms with Crippen molar-refractivity contribution >= 4 is 5.97 Å². The molecule has 0 spiro atoms. The highest BCUT2D eigenvalue weighted by Crippen LogP contribution is 2.09. The summed E-state index contributed by atoms with van der Waals surface area (Å²) in [5.41, 5.74) is 0.433. The monoisotopic (exact) mass is 243 g/mol. The van der Waals surface area contributed by atoms with Crippen LogP contribution in [0.1, 0.15) is 23.0 Å². The number of nitriles is 1. The molecule has 7 nitrogen and oxygen atoms in total. The Bertz CT molecular complexity index is 614. The van der Waals surface area contributed by atoms with E-state index in [2.05, 4.69) is 15.1 Å². The predicted octanol–water partition coefficient (Wildman–Crippen LogP) is 0.711. The van der Waals surface area contributed by atoms with Gasteiger partial charge in [-0.15, -0.1) is 0 Å². The topological polar surface area (TPSA) is 93.7 Å². The van der Waals surface area contributed by atoms with Crippen molar-refractivity contribution in [2.75, 3.05) is 6.61 Å². The van der Waals surface area contributed by atoms with Crippen molar-refractivity contribution in [3.05, 3.63) is 36.0 Å². The third kappa shape index (κ3) is 2.17. The number of nitrogens with zero attached hydrogens (tertiary/aromatic N) is 5. The van der Waals surface area contributed by atoms with Gasteiger partial charge >= 0.3 is 5.97 Å². The van der Waals surface area contributed by atoms with E-state index >= 15 is 0 Å². The molecule has 0 saturated carbocycles. The minimum absolute atomic E-state index is 0.135. The Morgan fingerprint density at radius 2 is 2.28 bits per heavy atom. The zero-order chi connectivity index (χ0) is 13.0. The number of ether oxygens (including phenoxy) is 1. The van der Waals surface area contributed by atoms with Crippen LogP contribution in [0, 0.1) is 11.3 Å². The van der Waals surface area contributed by atoms with Gasteiger partial charge in [0.25, 0.3) is 0 Å². The van der Waals surface area contributed by atoms with E-state index < -0.39 is 5.97 Å². The standard InChI is InChI=1S/C11H9N5O2/c1-2-18-11(17)8-6-15-16(7-8)10-9(5-12)13-3-4-14-10/h3-4,6-7H,2H2,1H3. The Labute approximate surface area is 103 Å². The molecule has 90 valence electrons. The van der Waals surface area contributed by atoms with Crippen molar-refractivity contribution in [2.24, 2.45) is 0 Å². The predicted molar refractivity (Wildman–Crippen MR) is 59.8 cm³/mol. The summed E-state index contributed by atoms with van der Waals surface area (Å²) in [5.74, 6) is -0.193. The summed E-state index contributed by atoms with van der Waals surface area (Å²) in [4.78, 5) is 19.3. The van der Waals surface area contributed by atoms with E-state index in [4.69, 9.17) is 10.00 Å². The summed E-state index contributed by atoms with van der Waals surface area (Å²) >= 11 is 0. The average Bonchev–Trinajstić information content (AvgIpc) is 2.88. The third-order valence-electron chi connectivity index (χ3n) is 2.10. The summed E-state index contributed by atoms with van der Waals surface area (Å²) in [7, 11) is 0. The number of rotatable bonds is 3. The van der Waals surface area contributed by atoms with Crippen molar-refractivity contribution < 1.29 is 9.53 Å². The van der Waals surface area contributed by atoms with Gasteiger partial charge < -0.3 is 4.74 Å². The van der Waals surface area contributed by atoms with E-state index in [1.807, 2.05) is 6.07 Å². The van der Waals surface area contributed by atoms with Gasteiger partial charge in [-0.25, -0.2) is 19.4 Å². The summed E-state index contributed by atoms with van der Waals surface area (Å²) in [6, 6.07) is 1.91. The molecule has 0 aliphatic heterocycles. The van der Waals surface area contributed by atoms with Gasteiger partial charge in [0.1, 0.15) is 6.07 Å². The highest BCUT2D eigenvalue weighted by molar-refractivity contribution is 5.88. The lowest BCUT2D eigenvalue weighted by atomic mass is 10.4. The maximum atomic E-state index is 11.5. The summed E-state index contributed by atoms with van der Waals surface area (Å²) < 4.78 is 6.16. The zero-order valence-electron chi connectivity index (χ0n) is 9.57. The Hall–Kier alpha value is -2.75. The van der Waals surface area contributed by atoms with Crippen LogP contribution in [0.5, 0.6) is 0 Å². The molecule has 0 radical (unpaired) electrons. The zero-order valence-corrected chi connectivity index (χ0v) is 9.57. The van der Waals surface area contributed by atoms with Gasteiger partial charge in [-0.2, -0.15) is 10.4 Å². The molecule has 18 heavy (non-hydrogen) atoms. The smallest absolute Gasteiger partial charge is 0.341 e. The van der Waals surface area contributed by atoms with Gasteiger partial charge in [0.05, 0.1) is 18.4 Å². The summed E-state index contributed by atoms with van der Waals surface area (Å²) in [6.07, 6.45) is 5.66. The SMILES string of the molecule is CCOC(=O)c1cnn(-c2nccnc2C#N)c1. The number of aromatic nitrogens is 4. The quantitative estimate of drug-likeness (QED) is 0.737. The number of carbonyl (C=O) groups excluding carboxylic acids is 1. The molecule has 0 aliphatic rings. The lowest BCUT2D eigenvalue weighted by Crippen LogP contribution is -2.04. The summed E-state index contributed by atoms with van der Waals surface area (Å²) in [5, 5.41) is 12.9. The fourth-order valence-corrected chi connectivity index (χ4v) is 1.34. The van der Waals surface area contributed by atoms with Crippen LogP contribution in [-0.4, -0.2) is 32.3 Å². The van der Waals surface area contributed by atoms with Gasteiger partial charge in [0.2, 0.25) is 0 Å². The van der Waals surface area contributed by atoms with Crippen LogP contribution in [0.3, 0.4) is 0 Å². The molecule has 0 saturated heterocycles. The molecular formula is C11H9N5O2. The number of hydrogen-bond acceptors (Lipinski definition) is 6. The molecule has 0 aliphatic carbocycles. The Kier molecular flexibility index (Phi) is 3.29. The Morgan fingerprint density at radius 1 is 1.50 bits per heavy atom. The molecule has 0 aromatic carbocycles. The highest BCUT2D eigenvalue weighted by Gasteiger charge is 2.13. The normalized spacial score (nSPS) is 9.78. The van der Waals surface area contributed by atoms with Crippen LogP contribution in [0.25, 0.3) is 5.82 Å². The molecule has 0 unspecified atom stereocenters. The van der Waals surface area contributed by atoms with Gasteiger partial charge in [0, 0.05) is 18.6 Å². The van der Waals surface area contributed by atoms with Gasteiger partial charge in [-0.3, -0.25) is 0 Å². The Balaban J connectivity index is 2.36. The van der Waals surface area contributed by atoms with Gasteiger partial charge in [-0.05, 0) is 6.92 Å². The van der Waals surface area contributed by atoms with Crippen LogP contribution in [-0.2, 0) is 4.74 Å². The van der Waals surface area contributed by atoms with Gasteiger partial charge in [-0.1, -0.05) is 0 Å². The number of carbonyl (C=O) groups is 1. The molecular weight excluding hydrogens is 234 g/mol. The summed E-state index contributed by atoms with van der Waals surface area (Å²) in [6.45, 7) is 2.01. The lowest BCUT2D eigenvalue weighted by Gasteiger charge is -2.00. The Morgan fingerprint density at radius 3 is 3.00 bits per heavy atom. The van der Waals surface area contributed by atoms with Crippen LogP contribution < -0.4 is 0 Å². The molecule has 7 heteroatoms. The molecule has 0 bridgehead atoms. The van der Waals surface area contributed by atoms with E-state index in [0.717, 1.165) is 0 Å². The minimum Gasteiger partial charge on any atom is -0.462 e. The largest absolute Gasteiger partial charge is 0.462 e. The van der Waals surface area contributed by atoms with Crippen LogP contribution in [0.2, 0.25) is 0 Å². The highest BCUT2D eigenvalue weighted by atomic mass is 16.5. The van der Waals surface area contributed by atoms with E-state index in [1.54, 1.807) is 6.92 Å². The minimum atomic E-state index is -0.467. The second kappa shape index (κ2) is 5.05. The molecule has 2 rings (SSSR count). The van der Waals surface area contributed by atoms with Crippen LogP contribution in [0.4, 0.5) is 0 Å².